The minimum absolute atomic E-state index is 0.235. The number of hydrogen-bond acceptors (Lipinski definition) is 2. The lowest BCUT2D eigenvalue weighted by molar-refractivity contribution is -0.136. The number of hydrogen-bond donors (Lipinski definition) is 1. The van der Waals surface area contributed by atoms with Crippen LogP contribution in [0.25, 0.3) is 0 Å². The summed E-state index contributed by atoms with van der Waals surface area (Å²) in [6, 6.07) is 7.66. The number of likely N-dealkylation sites (tertiary alicyclic amines) is 1. The van der Waals surface area contributed by atoms with E-state index in [1.165, 1.54) is 12.8 Å². The van der Waals surface area contributed by atoms with Gasteiger partial charge in [-0.05, 0) is 44.4 Å². The highest BCUT2D eigenvalue weighted by Crippen LogP contribution is 2.27. The second-order valence-electron chi connectivity index (χ2n) is 5.95. The molecule has 1 aromatic rings. The Morgan fingerprint density at radius 3 is 2.11 bits per heavy atom. The number of benzene rings is 1. The molecule has 0 bridgehead atoms. The third-order valence-electron chi connectivity index (χ3n) is 4.06. The van der Waals surface area contributed by atoms with Gasteiger partial charge in [-0.1, -0.05) is 25.0 Å². The van der Waals surface area contributed by atoms with Gasteiger partial charge in [0.1, 0.15) is 0 Å². The minimum Gasteiger partial charge on any atom is -0.399 e. The quantitative estimate of drug-likeness (QED) is 0.831. The number of anilines is 1. The van der Waals surface area contributed by atoms with Gasteiger partial charge < -0.3 is 10.6 Å². The fourth-order valence-electron chi connectivity index (χ4n) is 2.69. The molecule has 1 aliphatic rings. The molecule has 0 aliphatic carbocycles. The van der Waals surface area contributed by atoms with E-state index >= 15 is 0 Å². The molecule has 3 nitrogen and oxygen atoms in total. The summed E-state index contributed by atoms with van der Waals surface area (Å²) < 4.78 is 0. The molecule has 3 heteroatoms. The highest BCUT2D eigenvalue weighted by Gasteiger charge is 2.33. The summed E-state index contributed by atoms with van der Waals surface area (Å²) >= 11 is 0. The third-order valence-corrected chi connectivity index (χ3v) is 4.06. The summed E-state index contributed by atoms with van der Waals surface area (Å²) in [5.74, 6) is 0.235. The summed E-state index contributed by atoms with van der Waals surface area (Å²) in [5.41, 5.74) is 7.02. The van der Waals surface area contributed by atoms with E-state index in [0.717, 1.165) is 37.2 Å². The van der Waals surface area contributed by atoms with Gasteiger partial charge in [-0.15, -0.1) is 0 Å². The maximum absolute atomic E-state index is 12.8. The van der Waals surface area contributed by atoms with Crippen LogP contribution in [0.5, 0.6) is 0 Å². The largest absolute Gasteiger partial charge is 0.399 e. The number of nitrogen functional groups attached to an aromatic ring is 1. The van der Waals surface area contributed by atoms with Gasteiger partial charge in [0.05, 0.1) is 5.41 Å². The van der Waals surface area contributed by atoms with Crippen molar-refractivity contribution in [2.45, 2.75) is 44.9 Å². The van der Waals surface area contributed by atoms with Gasteiger partial charge in [0.15, 0.2) is 0 Å². The van der Waals surface area contributed by atoms with Gasteiger partial charge in [0.2, 0.25) is 5.91 Å². The van der Waals surface area contributed by atoms with E-state index < -0.39 is 5.41 Å². The summed E-state index contributed by atoms with van der Waals surface area (Å²) in [6.07, 6.45) is 4.74. The predicted octanol–water partition coefficient (Wildman–Crippen LogP) is 2.95. The molecule has 0 unspecified atom stereocenters. The topological polar surface area (TPSA) is 46.3 Å². The zero-order chi connectivity index (χ0) is 13.9. The Hall–Kier alpha value is -1.51. The third kappa shape index (κ3) is 3.09. The summed E-state index contributed by atoms with van der Waals surface area (Å²) in [4.78, 5) is 14.8. The van der Waals surface area contributed by atoms with Gasteiger partial charge in [-0.25, -0.2) is 0 Å². The molecule has 19 heavy (non-hydrogen) atoms. The molecule has 0 aromatic heterocycles. The number of rotatable bonds is 2. The Balaban J connectivity index is 2.17. The van der Waals surface area contributed by atoms with Crippen molar-refractivity contribution in [2.24, 2.45) is 0 Å². The van der Waals surface area contributed by atoms with Crippen LogP contribution in [0.3, 0.4) is 0 Å². The average Bonchev–Trinajstić information content (AvgIpc) is 2.67. The molecule has 0 spiro atoms. The Morgan fingerprint density at radius 2 is 1.58 bits per heavy atom. The van der Waals surface area contributed by atoms with Crippen molar-refractivity contribution >= 4 is 11.6 Å². The number of nitrogens with two attached hydrogens (primary N) is 1. The van der Waals surface area contributed by atoms with E-state index in [-0.39, 0.29) is 5.91 Å². The molecule has 1 amide bonds. The number of carbonyl (C=O) groups is 1. The number of nitrogens with zero attached hydrogens (tertiary/aromatic N) is 1. The van der Waals surface area contributed by atoms with Crippen LogP contribution in [0.1, 0.15) is 45.1 Å². The molecule has 2 N–H and O–H groups in total. The van der Waals surface area contributed by atoms with Crippen LogP contribution in [0.2, 0.25) is 0 Å². The van der Waals surface area contributed by atoms with E-state index in [4.69, 9.17) is 5.73 Å². The highest BCUT2D eigenvalue weighted by atomic mass is 16.2. The second-order valence-corrected chi connectivity index (χ2v) is 5.95. The molecule has 104 valence electrons. The predicted molar refractivity (Wildman–Crippen MR) is 78.9 cm³/mol. The van der Waals surface area contributed by atoms with Gasteiger partial charge in [-0.2, -0.15) is 0 Å². The molecular weight excluding hydrogens is 236 g/mol. The maximum atomic E-state index is 12.8. The molecule has 1 saturated heterocycles. The summed E-state index contributed by atoms with van der Waals surface area (Å²) in [6.45, 7) is 5.81. The lowest BCUT2D eigenvalue weighted by atomic mass is 9.83. The van der Waals surface area contributed by atoms with Crippen LogP contribution < -0.4 is 5.73 Å². The lowest BCUT2D eigenvalue weighted by Gasteiger charge is -2.31. The molecular formula is C16H24N2O. The first-order valence-corrected chi connectivity index (χ1v) is 7.17. The molecule has 2 rings (SSSR count). The van der Waals surface area contributed by atoms with Gasteiger partial charge >= 0.3 is 0 Å². The molecule has 0 saturated carbocycles. The van der Waals surface area contributed by atoms with Crippen LogP contribution in [0, 0.1) is 0 Å². The number of amides is 1. The standard InChI is InChI=1S/C16H24N2O/c1-16(2,13-7-9-14(17)10-8-13)15(19)18-11-5-3-4-6-12-18/h7-10H,3-6,11-12,17H2,1-2H3. The fourth-order valence-corrected chi connectivity index (χ4v) is 2.69. The highest BCUT2D eigenvalue weighted by molar-refractivity contribution is 5.87. The van der Waals surface area contributed by atoms with Crippen LogP contribution in [0.4, 0.5) is 5.69 Å². The van der Waals surface area contributed by atoms with Gasteiger partial charge in [0.25, 0.3) is 0 Å². The molecule has 1 fully saturated rings. The fraction of sp³-hybridized carbons (Fsp3) is 0.562. The summed E-state index contributed by atoms with van der Waals surface area (Å²) in [7, 11) is 0. The second kappa shape index (κ2) is 5.64. The van der Waals surface area contributed by atoms with E-state index in [1.807, 2.05) is 43.0 Å². The SMILES string of the molecule is CC(C)(C(=O)N1CCCCCC1)c1ccc(N)cc1. The van der Waals surface area contributed by atoms with Crippen LogP contribution in [-0.4, -0.2) is 23.9 Å². The Bertz CT molecular complexity index is 429. The monoisotopic (exact) mass is 260 g/mol. The Morgan fingerprint density at radius 1 is 1.05 bits per heavy atom. The maximum Gasteiger partial charge on any atom is 0.232 e. The zero-order valence-electron chi connectivity index (χ0n) is 12.0. The van der Waals surface area contributed by atoms with Crippen molar-refractivity contribution in [3.05, 3.63) is 29.8 Å². The molecule has 0 atom stereocenters. The lowest BCUT2D eigenvalue weighted by Crippen LogP contribution is -2.43. The van der Waals surface area contributed by atoms with Crippen molar-refractivity contribution < 1.29 is 4.79 Å². The van der Waals surface area contributed by atoms with E-state index in [2.05, 4.69) is 0 Å². The van der Waals surface area contributed by atoms with Gasteiger partial charge in [0, 0.05) is 18.8 Å². The van der Waals surface area contributed by atoms with Gasteiger partial charge in [-0.3, -0.25) is 4.79 Å². The molecule has 1 aliphatic heterocycles. The average molecular weight is 260 g/mol. The molecule has 0 radical (unpaired) electrons. The first kappa shape index (κ1) is 13.9. The van der Waals surface area contributed by atoms with Crippen molar-refractivity contribution in [1.29, 1.82) is 0 Å². The first-order chi connectivity index (χ1) is 9.01. The van der Waals surface area contributed by atoms with Crippen LogP contribution in [-0.2, 0) is 10.2 Å². The first-order valence-electron chi connectivity index (χ1n) is 7.17. The van der Waals surface area contributed by atoms with Crippen molar-refractivity contribution in [3.63, 3.8) is 0 Å². The normalized spacial score (nSPS) is 17.1. The van der Waals surface area contributed by atoms with Crippen molar-refractivity contribution in [3.8, 4) is 0 Å². The van der Waals surface area contributed by atoms with Crippen molar-refractivity contribution in [2.75, 3.05) is 18.8 Å². The Kier molecular flexibility index (Phi) is 4.13. The molecule has 1 aromatic carbocycles. The van der Waals surface area contributed by atoms with Crippen LogP contribution in [0.15, 0.2) is 24.3 Å². The molecule has 1 heterocycles. The smallest absolute Gasteiger partial charge is 0.232 e. The minimum atomic E-state index is -0.474. The van der Waals surface area contributed by atoms with E-state index in [1.54, 1.807) is 0 Å². The van der Waals surface area contributed by atoms with Crippen molar-refractivity contribution in [1.82, 2.24) is 4.90 Å². The van der Waals surface area contributed by atoms with E-state index in [9.17, 15) is 4.79 Å². The van der Waals surface area contributed by atoms with E-state index in [0.29, 0.717) is 0 Å². The number of carbonyl (C=O) groups excluding carboxylic acids is 1. The summed E-state index contributed by atoms with van der Waals surface area (Å²) in [5, 5.41) is 0. The zero-order valence-corrected chi connectivity index (χ0v) is 12.0. The van der Waals surface area contributed by atoms with Crippen LogP contribution >= 0.6 is 0 Å². The Labute approximate surface area is 115 Å².